The van der Waals surface area contributed by atoms with E-state index < -0.39 is 0 Å². The van der Waals surface area contributed by atoms with Crippen molar-refractivity contribution in [3.63, 3.8) is 0 Å². The van der Waals surface area contributed by atoms with E-state index in [1.54, 1.807) is 0 Å². The molecule has 1 heterocycles. The van der Waals surface area contributed by atoms with Crippen LogP contribution in [0.3, 0.4) is 0 Å². The van der Waals surface area contributed by atoms with Crippen LogP contribution in [-0.4, -0.2) is 5.54 Å². The van der Waals surface area contributed by atoms with Gasteiger partial charge in [-0.2, -0.15) is 0 Å². The Kier molecular flexibility index (Phi) is 4.04. The predicted octanol–water partition coefficient (Wildman–Crippen LogP) is 3.90. The lowest BCUT2D eigenvalue weighted by Gasteiger charge is -2.27. The van der Waals surface area contributed by atoms with Gasteiger partial charge >= 0.3 is 0 Å². The third kappa shape index (κ3) is 3.08. The smallest absolute Gasteiger partial charge is 0.0203 e. The zero-order valence-corrected chi connectivity index (χ0v) is 11.1. The van der Waals surface area contributed by atoms with Gasteiger partial charge in [0, 0.05) is 15.3 Å². The van der Waals surface area contributed by atoms with E-state index in [1.165, 1.54) is 48.3 Å². The minimum atomic E-state index is 0.0896. The summed E-state index contributed by atoms with van der Waals surface area (Å²) in [7, 11) is 0. The zero-order valence-electron chi connectivity index (χ0n) is 10.3. The van der Waals surface area contributed by atoms with Crippen molar-refractivity contribution in [2.45, 2.75) is 63.8 Å². The van der Waals surface area contributed by atoms with Crippen LogP contribution >= 0.6 is 11.3 Å². The molecule has 1 fully saturated rings. The molecule has 1 aromatic rings. The van der Waals surface area contributed by atoms with Gasteiger partial charge in [-0.25, -0.2) is 0 Å². The molecule has 0 bridgehead atoms. The maximum Gasteiger partial charge on any atom is 0.0203 e. The van der Waals surface area contributed by atoms with Crippen LogP contribution in [0.1, 0.15) is 55.2 Å². The fourth-order valence-corrected chi connectivity index (χ4v) is 3.78. The van der Waals surface area contributed by atoms with E-state index in [4.69, 9.17) is 5.73 Å². The van der Waals surface area contributed by atoms with Crippen molar-refractivity contribution in [2.24, 2.45) is 5.73 Å². The summed E-state index contributed by atoms with van der Waals surface area (Å²) in [4.78, 5) is 2.98. The van der Waals surface area contributed by atoms with E-state index in [2.05, 4.69) is 19.1 Å². The lowest BCUT2D eigenvalue weighted by molar-refractivity contribution is 0.371. The lowest BCUT2D eigenvalue weighted by atomic mass is 9.87. The van der Waals surface area contributed by atoms with E-state index >= 15 is 0 Å². The molecule has 90 valence electrons. The quantitative estimate of drug-likeness (QED) is 0.793. The van der Waals surface area contributed by atoms with Crippen molar-refractivity contribution in [1.29, 1.82) is 0 Å². The van der Waals surface area contributed by atoms with Crippen molar-refractivity contribution in [3.05, 3.63) is 21.9 Å². The van der Waals surface area contributed by atoms with Crippen LogP contribution in [0.4, 0.5) is 0 Å². The van der Waals surface area contributed by atoms with E-state index in [0.29, 0.717) is 0 Å². The molecule has 0 aromatic carbocycles. The van der Waals surface area contributed by atoms with Crippen LogP contribution in [0.25, 0.3) is 0 Å². The standard InChI is InChI=1S/C14H23NS/c1-2-12-7-8-13(16-12)11-14(15)9-5-3-4-6-10-14/h7-8H,2-6,9-11,15H2,1H3. The molecule has 0 radical (unpaired) electrons. The number of nitrogens with two attached hydrogens (primary N) is 1. The average molecular weight is 237 g/mol. The Hall–Kier alpha value is -0.340. The second-order valence-corrected chi connectivity index (χ2v) is 6.43. The molecule has 16 heavy (non-hydrogen) atoms. The average Bonchev–Trinajstić information content (AvgIpc) is 2.60. The highest BCUT2D eigenvalue weighted by atomic mass is 32.1. The maximum absolute atomic E-state index is 6.55. The zero-order chi connectivity index (χ0) is 11.4. The Bertz CT molecular complexity index is 321. The molecule has 1 nitrogen and oxygen atoms in total. The summed E-state index contributed by atoms with van der Waals surface area (Å²) in [5.41, 5.74) is 6.64. The van der Waals surface area contributed by atoms with Gasteiger partial charge in [-0.3, -0.25) is 0 Å². The molecular formula is C14H23NS. The summed E-state index contributed by atoms with van der Waals surface area (Å²) < 4.78 is 0. The van der Waals surface area contributed by atoms with Crippen molar-refractivity contribution in [3.8, 4) is 0 Å². The summed E-state index contributed by atoms with van der Waals surface area (Å²) in [5.74, 6) is 0. The molecule has 1 aliphatic carbocycles. The first kappa shape index (κ1) is 12.1. The highest BCUT2D eigenvalue weighted by molar-refractivity contribution is 7.12. The highest BCUT2D eigenvalue weighted by Crippen LogP contribution is 2.30. The predicted molar refractivity (Wildman–Crippen MR) is 72.0 cm³/mol. The molecule has 0 amide bonds. The number of aryl methyl sites for hydroxylation is 1. The van der Waals surface area contributed by atoms with Gasteiger partial charge in [0.1, 0.15) is 0 Å². The van der Waals surface area contributed by atoms with Crippen LogP contribution < -0.4 is 5.73 Å². The number of hydrogen-bond donors (Lipinski definition) is 1. The molecular weight excluding hydrogens is 214 g/mol. The Labute approximate surface area is 103 Å². The van der Waals surface area contributed by atoms with E-state index in [9.17, 15) is 0 Å². The summed E-state index contributed by atoms with van der Waals surface area (Å²) >= 11 is 1.95. The first-order chi connectivity index (χ1) is 7.72. The van der Waals surface area contributed by atoms with E-state index in [1.807, 2.05) is 11.3 Å². The summed E-state index contributed by atoms with van der Waals surface area (Å²) in [6.07, 6.45) is 10.1. The molecule has 0 atom stereocenters. The Balaban J connectivity index is 2.00. The van der Waals surface area contributed by atoms with Crippen LogP contribution in [0.2, 0.25) is 0 Å². The fourth-order valence-electron chi connectivity index (χ4n) is 2.66. The first-order valence-corrected chi connectivity index (χ1v) is 7.40. The van der Waals surface area contributed by atoms with Crippen LogP contribution in [-0.2, 0) is 12.8 Å². The van der Waals surface area contributed by atoms with Crippen LogP contribution in [0, 0.1) is 0 Å². The van der Waals surface area contributed by atoms with Crippen molar-refractivity contribution in [1.82, 2.24) is 0 Å². The molecule has 2 rings (SSSR count). The second-order valence-electron chi connectivity index (χ2n) is 5.17. The van der Waals surface area contributed by atoms with Gasteiger partial charge < -0.3 is 5.73 Å². The molecule has 1 aromatic heterocycles. The Morgan fingerprint density at radius 3 is 2.31 bits per heavy atom. The molecule has 0 saturated heterocycles. The van der Waals surface area contributed by atoms with Crippen LogP contribution in [0.15, 0.2) is 12.1 Å². The summed E-state index contributed by atoms with van der Waals surface area (Å²) in [6, 6.07) is 4.54. The monoisotopic (exact) mass is 237 g/mol. The minimum absolute atomic E-state index is 0.0896. The lowest BCUT2D eigenvalue weighted by Crippen LogP contribution is -2.41. The van der Waals surface area contributed by atoms with Crippen LogP contribution in [0.5, 0.6) is 0 Å². The normalized spacial score (nSPS) is 20.6. The molecule has 0 unspecified atom stereocenters. The third-order valence-electron chi connectivity index (χ3n) is 3.69. The van der Waals surface area contributed by atoms with Gasteiger partial charge in [0.25, 0.3) is 0 Å². The first-order valence-electron chi connectivity index (χ1n) is 6.58. The van der Waals surface area contributed by atoms with E-state index in [0.717, 1.165) is 12.8 Å². The number of hydrogen-bond acceptors (Lipinski definition) is 2. The van der Waals surface area contributed by atoms with Gasteiger partial charge in [0.05, 0.1) is 0 Å². The van der Waals surface area contributed by atoms with E-state index in [-0.39, 0.29) is 5.54 Å². The molecule has 0 spiro atoms. The van der Waals surface area contributed by atoms with Gasteiger partial charge in [-0.05, 0) is 37.8 Å². The minimum Gasteiger partial charge on any atom is -0.325 e. The Morgan fingerprint density at radius 2 is 1.75 bits per heavy atom. The van der Waals surface area contributed by atoms with Crippen molar-refractivity contribution < 1.29 is 0 Å². The highest BCUT2D eigenvalue weighted by Gasteiger charge is 2.26. The summed E-state index contributed by atoms with van der Waals surface area (Å²) in [5, 5.41) is 0. The molecule has 0 aliphatic heterocycles. The molecule has 2 heteroatoms. The largest absolute Gasteiger partial charge is 0.325 e. The van der Waals surface area contributed by atoms with Crippen molar-refractivity contribution >= 4 is 11.3 Å². The Morgan fingerprint density at radius 1 is 1.12 bits per heavy atom. The van der Waals surface area contributed by atoms with Gasteiger partial charge in [-0.15, -0.1) is 11.3 Å². The number of thiophene rings is 1. The van der Waals surface area contributed by atoms with Gasteiger partial charge in [0.15, 0.2) is 0 Å². The topological polar surface area (TPSA) is 26.0 Å². The third-order valence-corrected chi connectivity index (χ3v) is 4.92. The maximum atomic E-state index is 6.55. The summed E-state index contributed by atoms with van der Waals surface area (Å²) in [6.45, 7) is 2.22. The van der Waals surface area contributed by atoms with Crippen molar-refractivity contribution in [2.75, 3.05) is 0 Å². The molecule has 1 aliphatic rings. The number of rotatable bonds is 3. The fraction of sp³-hybridized carbons (Fsp3) is 0.714. The molecule has 2 N–H and O–H groups in total. The SMILES string of the molecule is CCc1ccc(CC2(N)CCCCCC2)s1. The van der Waals surface area contributed by atoms with Gasteiger partial charge in [0.2, 0.25) is 0 Å². The van der Waals surface area contributed by atoms with Gasteiger partial charge in [-0.1, -0.05) is 32.6 Å². The molecule has 1 saturated carbocycles. The second kappa shape index (κ2) is 5.33.